The fourth-order valence-electron chi connectivity index (χ4n) is 1.45. The van der Waals surface area contributed by atoms with E-state index in [4.69, 9.17) is 18.0 Å². The molecule has 0 aliphatic rings. The van der Waals surface area contributed by atoms with Crippen LogP contribution in [0.25, 0.3) is 0 Å². The third-order valence-electron chi connectivity index (χ3n) is 2.34. The lowest BCUT2D eigenvalue weighted by atomic mass is 10.2. The third-order valence-corrected chi connectivity index (χ3v) is 3.69. The lowest BCUT2D eigenvalue weighted by Crippen LogP contribution is -2.08. The predicted octanol–water partition coefficient (Wildman–Crippen LogP) is 2.72. The smallest absolute Gasteiger partial charge is 0.0738 e. The van der Waals surface area contributed by atoms with Gasteiger partial charge in [0.05, 0.1) is 15.2 Å². The molecule has 0 fully saturated rings. The van der Waals surface area contributed by atoms with Gasteiger partial charge in [-0.3, -0.25) is 4.68 Å². The van der Waals surface area contributed by atoms with Crippen LogP contribution in [-0.4, -0.2) is 14.8 Å². The molecule has 0 amide bonds. The molecular formula is C10H16BrN3S. The van der Waals surface area contributed by atoms with Crippen molar-refractivity contribution in [1.29, 1.82) is 0 Å². The van der Waals surface area contributed by atoms with Crippen molar-refractivity contribution in [1.82, 2.24) is 9.78 Å². The van der Waals surface area contributed by atoms with Gasteiger partial charge in [0.15, 0.2) is 0 Å². The third kappa shape index (κ3) is 3.57. The van der Waals surface area contributed by atoms with Crippen molar-refractivity contribution in [2.45, 2.75) is 39.7 Å². The summed E-state index contributed by atoms with van der Waals surface area (Å²) >= 11 is 8.33. The second-order valence-corrected chi connectivity index (χ2v) is 4.95. The van der Waals surface area contributed by atoms with Crippen molar-refractivity contribution >= 4 is 33.1 Å². The van der Waals surface area contributed by atoms with E-state index in [2.05, 4.69) is 28.0 Å². The lowest BCUT2D eigenvalue weighted by molar-refractivity contribution is 0.549. The molecule has 0 saturated carbocycles. The maximum atomic E-state index is 5.43. The summed E-state index contributed by atoms with van der Waals surface area (Å²) in [7, 11) is 0. The fourth-order valence-corrected chi connectivity index (χ4v) is 1.88. The number of rotatable bonds is 5. The van der Waals surface area contributed by atoms with Crippen LogP contribution in [0.2, 0.25) is 0 Å². The summed E-state index contributed by atoms with van der Waals surface area (Å²) in [5.41, 5.74) is 7.66. The summed E-state index contributed by atoms with van der Waals surface area (Å²) in [5.74, 6) is 0. The van der Waals surface area contributed by atoms with Gasteiger partial charge in [-0.25, -0.2) is 0 Å². The minimum absolute atomic E-state index is 0.601. The van der Waals surface area contributed by atoms with E-state index in [9.17, 15) is 0 Å². The second kappa shape index (κ2) is 5.61. The summed E-state index contributed by atoms with van der Waals surface area (Å²) in [4.78, 5) is 0.601. The molecule has 15 heavy (non-hydrogen) atoms. The molecule has 1 aromatic rings. The Hall–Kier alpha value is -0.420. The van der Waals surface area contributed by atoms with Crippen molar-refractivity contribution in [2.24, 2.45) is 5.73 Å². The Morgan fingerprint density at radius 3 is 2.60 bits per heavy atom. The molecule has 0 saturated heterocycles. The van der Waals surface area contributed by atoms with Gasteiger partial charge < -0.3 is 5.73 Å². The zero-order valence-electron chi connectivity index (χ0n) is 9.09. The monoisotopic (exact) mass is 289 g/mol. The van der Waals surface area contributed by atoms with Gasteiger partial charge in [0.25, 0.3) is 0 Å². The largest absolute Gasteiger partial charge is 0.393 e. The van der Waals surface area contributed by atoms with E-state index in [1.807, 2.05) is 11.6 Å². The van der Waals surface area contributed by atoms with Crippen LogP contribution in [0.4, 0.5) is 0 Å². The summed E-state index contributed by atoms with van der Waals surface area (Å²) in [5, 5.41) is 4.43. The molecule has 1 aromatic heterocycles. The number of hydrogen-bond donors (Lipinski definition) is 1. The average Bonchev–Trinajstić information content (AvgIpc) is 2.41. The van der Waals surface area contributed by atoms with Crippen LogP contribution < -0.4 is 5.73 Å². The topological polar surface area (TPSA) is 43.8 Å². The number of halogens is 1. The molecule has 2 N–H and O–H groups in total. The first-order valence-electron chi connectivity index (χ1n) is 5.00. The van der Waals surface area contributed by atoms with E-state index in [1.165, 1.54) is 5.69 Å². The molecule has 3 nitrogen and oxygen atoms in total. The first-order chi connectivity index (χ1) is 7.02. The Bertz CT molecular complexity index is 360. The van der Waals surface area contributed by atoms with E-state index in [0.29, 0.717) is 4.99 Å². The van der Waals surface area contributed by atoms with Gasteiger partial charge in [-0.05, 0) is 49.0 Å². The van der Waals surface area contributed by atoms with Crippen molar-refractivity contribution in [3.63, 3.8) is 0 Å². The molecule has 0 aliphatic heterocycles. The first kappa shape index (κ1) is 12.6. The van der Waals surface area contributed by atoms with Crippen molar-refractivity contribution in [3.05, 3.63) is 15.9 Å². The highest BCUT2D eigenvalue weighted by Crippen LogP contribution is 2.20. The van der Waals surface area contributed by atoms with Crippen LogP contribution in [0.5, 0.6) is 0 Å². The molecule has 0 bridgehead atoms. The van der Waals surface area contributed by atoms with Crippen molar-refractivity contribution in [2.75, 3.05) is 0 Å². The molecular weight excluding hydrogens is 274 g/mol. The molecule has 0 aliphatic carbocycles. The minimum atomic E-state index is 0.601. The van der Waals surface area contributed by atoms with E-state index in [1.54, 1.807) is 0 Å². The van der Waals surface area contributed by atoms with Gasteiger partial charge >= 0.3 is 0 Å². The van der Waals surface area contributed by atoms with Crippen LogP contribution in [0.1, 0.15) is 30.7 Å². The standard InChI is InChI=1S/C10H16BrN3S/c1-7-10(11)8(2)14(13-7)6-4-3-5-9(12)15/h3-6H2,1-2H3,(H2,12,15). The number of unbranched alkanes of at least 4 members (excludes halogenated alkanes) is 1. The number of hydrogen-bond acceptors (Lipinski definition) is 2. The Kier molecular flexibility index (Phi) is 4.73. The Labute approximate surface area is 104 Å². The van der Waals surface area contributed by atoms with Gasteiger partial charge in [0.2, 0.25) is 0 Å². The molecule has 1 heterocycles. The molecule has 0 aromatic carbocycles. The maximum Gasteiger partial charge on any atom is 0.0738 e. The van der Waals surface area contributed by atoms with Gasteiger partial charge in [-0.1, -0.05) is 12.2 Å². The highest BCUT2D eigenvalue weighted by molar-refractivity contribution is 9.10. The Morgan fingerprint density at radius 2 is 2.13 bits per heavy atom. The fraction of sp³-hybridized carbons (Fsp3) is 0.600. The zero-order valence-corrected chi connectivity index (χ0v) is 11.5. The van der Waals surface area contributed by atoms with Crippen LogP contribution in [0.15, 0.2) is 4.47 Å². The predicted molar refractivity (Wildman–Crippen MR) is 70.0 cm³/mol. The molecule has 1 rings (SSSR count). The number of thiocarbonyl (C=S) groups is 1. The molecule has 0 unspecified atom stereocenters. The van der Waals surface area contributed by atoms with E-state index in [0.717, 1.165) is 36.0 Å². The van der Waals surface area contributed by atoms with Crippen molar-refractivity contribution < 1.29 is 0 Å². The van der Waals surface area contributed by atoms with Crippen LogP contribution in [0, 0.1) is 13.8 Å². The normalized spacial score (nSPS) is 10.6. The van der Waals surface area contributed by atoms with E-state index < -0.39 is 0 Å². The molecule has 0 atom stereocenters. The Morgan fingerprint density at radius 1 is 1.47 bits per heavy atom. The highest BCUT2D eigenvalue weighted by Gasteiger charge is 2.07. The highest BCUT2D eigenvalue weighted by atomic mass is 79.9. The second-order valence-electron chi connectivity index (χ2n) is 3.63. The number of nitrogens with zero attached hydrogens (tertiary/aromatic N) is 2. The molecule has 0 spiro atoms. The molecule has 5 heteroatoms. The summed E-state index contributed by atoms with van der Waals surface area (Å²) < 4.78 is 3.13. The number of aryl methyl sites for hydroxylation is 2. The van der Waals surface area contributed by atoms with Gasteiger partial charge in [0.1, 0.15) is 0 Å². The summed E-state index contributed by atoms with van der Waals surface area (Å²) in [6.45, 7) is 5.00. The molecule has 0 radical (unpaired) electrons. The van der Waals surface area contributed by atoms with E-state index >= 15 is 0 Å². The van der Waals surface area contributed by atoms with Crippen molar-refractivity contribution in [3.8, 4) is 0 Å². The lowest BCUT2D eigenvalue weighted by Gasteiger charge is -2.03. The van der Waals surface area contributed by atoms with Crippen LogP contribution >= 0.6 is 28.1 Å². The quantitative estimate of drug-likeness (QED) is 0.670. The van der Waals surface area contributed by atoms with Crippen LogP contribution in [0.3, 0.4) is 0 Å². The van der Waals surface area contributed by atoms with Gasteiger partial charge in [0, 0.05) is 12.2 Å². The minimum Gasteiger partial charge on any atom is -0.393 e. The average molecular weight is 290 g/mol. The summed E-state index contributed by atoms with van der Waals surface area (Å²) in [6.07, 6.45) is 2.92. The number of aromatic nitrogens is 2. The molecule has 84 valence electrons. The SMILES string of the molecule is Cc1nn(CCCCC(N)=S)c(C)c1Br. The van der Waals surface area contributed by atoms with Crippen LogP contribution in [-0.2, 0) is 6.54 Å². The Balaban J connectivity index is 2.44. The summed E-state index contributed by atoms with van der Waals surface area (Å²) in [6, 6.07) is 0. The van der Waals surface area contributed by atoms with E-state index in [-0.39, 0.29) is 0 Å². The first-order valence-corrected chi connectivity index (χ1v) is 6.20. The van der Waals surface area contributed by atoms with Gasteiger partial charge in [-0.2, -0.15) is 5.10 Å². The maximum absolute atomic E-state index is 5.43. The van der Waals surface area contributed by atoms with Gasteiger partial charge in [-0.15, -0.1) is 0 Å². The number of nitrogens with two attached hydrogens (primary N) is 1. The zero-order chi connectivity index (χ0) is 11.4.